The molecule has 2 aliphatic rings. The molecule has 2 fully saturated rings. The highest BCUT2D eigenvalue weighted by atomic mass is 16.5. The lowest BCUT2D eigenvalue weighted by atomic mass is 10.1. The molecule has 0 radical (unpaired) electrons. The van der Waals surface area contributed by atoms with Crippen molar-refractivity contribution in [2.45, 2.75) is 57.4 Å². The first-order valence-corrected chi connectivity index (χ1v) is 6.83. The van der Waals surface area contributed by atoms with Crippen LogP contribution >= 0.6 is 0 Å². The van der Waals surface area contributed by atoms with Crippen molar-refractivity contribution in [3.63, 3.8) is 0 Å². The molecule has 2 heterocycles. The summed E-state index contributed by atoms with van der Waals surface area (Å²) < 4.78 is 5.24. The average Bonchev–Trinajstić information content (AvgIpc) is 2.92. The minimum absolute atomic E-state index is 0.185. The van der Waals surface area contributed by atoms with Gasteiger partial charge < -0.3 is 9.42 Å². The van der Waals surface area contributed by atoms with Gasteiger partial charge in [-0.05, 0) is 32.1 Å². The summed E-state index contributed by atoms with van der Waals surface area (Å²) in [6, 6.07) is 0.366. The van der Waals surface area contributed by atoms with Crippen LogP contribution in [0.25, 0.3) is 0 Å². The van der Waals surface area contributed by atoms with Crippen molar-refractivity contribution in [3.8, 4) is 0 Å². The second kappa shape index (κ2) is 4.71. The molecule has 1 saturated heterocycles. The second-order valence-electron chi connectivity index (χ2n) is 5.37. The molecule has 0 aromatic carbocycles. The highest BCUT2D eigenvalue weighted by molar-refractivity contribution is 5.73. The van der Waals surface area contributed by atoms with Crippen LogP contribution in [-0.2, 0) is 11.2 Å². The van der Waals surface area contributed by atoms with E-state index >= 15 is 0 Å². The molecule has 1 amide bonds. The molecule has 1 aromatic rings. The number of amides is 1. The van der Waals surface area contributed by atoms with Gasteiger partial charge >= 0.3 is 0 Å². The summed E-state index contributed by atoms with van der Waals surface area (Å²) in [5.74, 6) is 2.31. The smallest absolute Gasteiger partial charge is 0.229 e. The normalized spacial score (nSPS) is 23.6. The summed E-state index contributed by atoms with van der Waals surface area (Å²) in [5, 5.41) is 4.02. The third-order valence-electron chi connectivity index (χ3n) is 3.89. The molecular weight excluding hydrogens is 230 g/mol. The zero-order valence-corrected chi connectivity index (χ0v) is 10.8. The number of hydrogen-bond acceptors (Lipinski definition) is 4. The van der Waals surface area contributed by atoms with E-state index in [1.807, 2.05) is 4.90 Å². The number of hydrogen-bond donors (Lipinski definition) is 0. The first-order chi connectivity index (χ1) is 8.74. The fourth-order valence-corrected chi connectivity index (χ4v) is 2.71. The predicted octanol–water partition coefficient (Wildman–Crippen LogP) is 1.89. The number of aryl methyl sites for hydroxylation is 1. The van der Waals surface area contributed by atoms with Gasteiger partial charge in [0.25, 0.3) is 0 Å². The Morgan fingerprint density at radius 1 is 1.44 bits per heavy atom. The molecule has 1 unspecified atom stereocenters. The van der Waals surface area contributed by atoms with E-state index in [4.69, 9.17) is 4.52 Å². The molecular formula is C13H19N3O2. The molecule has 18 heavy (non-hydrogen) atoms. The lowest BCUT2D eigenvalue weighted by Crippen LogP contribution is -2.33. The zero-order valence-electron chi connectivity index (χ0n) is 10.8. The highest BCUT2D eigenvalue weighted by Gasteiger charge is 2.30. The van der Waals surface area contributed by atoms with Crippen LogP contribution in [-0.4, -0.2) is 33.5 Å². The van der Waals surface area contributed by atoms with Gasteiger partial charge in [0.05, 0.1) is 0 Å². The van der Waals surface area contributed by atoms with Crippen LogP contribution in [0.2, 0.25) is 0 Å². The van der Waals surface area contributed by atoms with Crippen molar-refractivity contribution < 1.29 is 9.32 Å². The van der Waals surface area contributed by atoms with Crippen LogP contribution in [0, 0.1) is 0 Å². The zero-order chi connectivity index (χ0) is 12.5. The van der Waals surface area contributed by atoms with E-state index in [9.17, 15) is 4.79 Å². The maximum atomic E-state index is 11.4. The van der Waals surface area contributed by atoms with Gasteiger partial charge in [-0.2, -0.15) is 4.98 Å². The molecule has 0 bridgehead atoms. The maximum Gasteiger partial charge on any atom is 0.229 e. The van der Waals surface area contributed by atoms with E-state index in [0.29, 0.717) is 12.0 Å². The van der Waals surface area contributed by atoms with Crippen molar-refractivity contribution in [3.05, 3.63) is 11.7 Å². The van der Waals surface area contributed by atoms with Crippen LogP contribution in [0.4, 0.5) is 0 Å². The lowest BCUT2D eigenvalue weighted by molar-refractivity contribution is -0.129. The molecule has 0 N–H and O–H groups in total. The SMILES string of the molecule is CC(=O)N1CCCC1CCc1noc(C2CC2)n1. The quantitative estimate of drug-likeness (QED) is 0.817. The fourth-order valence-electron chi connectivity index (χ4n) is 2.71. The summed E-state index contributed by atoms with van der Waals surface area (Å²) in [4.78, 5) is 17.8. The molecule has 1 aliphatic heterocycles. The van der Waals surface area contributed by atoms with Gasteiger partial charge in [-0.1, -0.05) is 5.16 Å². The summed E-state index contributed by atoms with van der Waals surface area (Å²) in [6.45, 7) is 2.55. The number of carbonyl (C=O) groups is 1. The maximum absolute atomic E-state index is 11.4. The van der Waals surface area contributed by atoms with Gasteiger partial charge in [0, 0.05) is 31.8 Å². The Hall–Kier alpha value is -1.39. The van der Waals surface area contributed by atoms with E-state index in [1.165, 1.54) is 12.8 Å². The minimum Gasteiger partial charge on any atom is -0.340 e. The molecule has 0 spiro atoms. The van der Waals surface area contributed by atoms with Gasteiger partial charge in [-0.3, -0.25) is 4.79 Å². The Bertz CT molecular complexity index is 439. The van der Waals surface area contributed by atoms with Gasteiger partial charge in [0.1, 0.15) is 0 Å². The first-order valence-electron chi connectivity index (χ1n) is 6.83. The fraction of sp³-hybridized carbons (Fsp3) is 0.769. The first kappa shape index (κ1) is 11.7. The lowest BCUT2D eigenvalue weighted by Gasteiger charge is -2.22. The Kier molecular flexibility index (Phi) is 3.06. The monoisotopic (exact) mass is 249 g/mol. The van der Waals surface area contributed by atoms with Crippen LogP contribution in [0.1, 0.15) is 56.7 Å². The van der Waals surface area contributed by atoms with E-state index in [-0.39, 0.29) is 5.91 Å². The number of rotatable bonds is 4. The van der Waals surface area contributed by atoms with Crippen molar-refractivity contribution in [1.82, 2.24) is 15.0 Å². The van der Waals surface area contributed by atoms with E-state index < -0.39 is 0 Å². The molecule has 5 heteroatoms. The number of carbonyl (C=O) groups excluding carboxylic acids is 1. The molecule has 1 saturated carbocycles. The number of aromatic nitrogens is 2. The number of nitrogens with zero attached hydrogens (tertiary/aromatic N) is 3. The highest BCUT2D eigenvalue weighted by Crippen LogP contribution is 2.38. The van der Waals surface area contributed by atoms with Crippen LogP contribution in [0.3, 0.4) is 0 Å². The van der Waals surface area contributed by atoms with E-state index in [2.05, 4.69) is 10.1 Å². The topological polar surface area (TPSA) is 59.2 Å². The van der Waals surface area contributed by atoms with Crippen molar-refractivity contribution >= 4 is 5.91 Å². The molecule has 1 aliphatic carbocycles. The molecule has 98 valence electrons. The third-order valence-corrected chi connectivity index (χ3v) is 3.89. The van der Waals surface area contributed by atoms with Gasteiger partial charge in [0.2, 0.25) is 11.8 Å². The molecule has 1 aromatic heterocycles. The number of likely N-dealkylation sites (tertiary alicyclic amines) is 1. The predicted molar refractivity (Wildman–Crippen MR) is 65.0 cm³/mol. The largest absolute Gasteiger partial charge is 0.340 e. The standard InChI is InChI=1S/C13H19N3O2/c1-9(17)16-8-2-3-11(16)6-7-12-14-13(18-15-12)10-4-5-10/h10-11H,2-8H2,1H3. The Morgan fingerprint density at radius 2 is 2.28 bits per heavy atom. The molecule has 5 nitrogen and oxygen atoms in total. The van der Waals surface area contributed by atoms with E-state index in [0.717, 1.165) is 43.9 Å². The molecule has 1 atom stereocenters. The van der Waals surface area contributed by atoms with Gasteiger partial charge in [0.15, 0.2) is 5.82 Å². The summed E-state index contributed by atoms with van der Waals surface area (Å²) in [6.07, 6.45) is 6.34. The van der Waals surface area contributed by atoms with Crippen molar-refractivity contribution in [2.24, 2.45) is 0 Å². The van der Waals surface area contributed by atoms with Crippen molar-refractivity contribution in [1.29, 1.82) is 0 Å². The van der Waals surface area contributed by atoms with Crippen molar-refractivity contribution in [2.75, 3.05) is 6.54 Å². The van der Waals surface area contributed by atoms with Crippen LogP contribution in [0.5, 0.6) is 0 Å². The van der Waals surface area contributed by atoms with Gasteiger partial charge in [-0.25, -0.2) is 0 Å². The average molecular weight is 249 g/mol. The Balaban J connectivity index is 1.54. The summed E-state index contributed by atoms with van der Waals surface area (Å²) >= 11 is 0. The molecule has 3 rings (SSSR count). The third kappa shape index (κ3) is 2.40. The Morgan fingerprint density at radius 3 is 3.00 bits per heavy atom. The second-order valence-corrected chi connectivity index (χ2v) is 5.37. The summed E-state index contributed by atoms with van der Waals surface area (Å²) in [5.41, 5.74) is 0. The Labute approximate surface area is 107 Å². The summed E-state index contributed by atoms with van der Waals surface area (Å²) in [7, 11) is 0. The van der Waals surface area contributed by atoms with Crippen LogP contribution in [0.15, 0.2) is 4.52 Å². The minimum atomic E-state index is 0.185. The van der Waals surface area contributed by atoms with Gasteiger partial charge in [-0.15, -0.1) is 0 Å². The van der Waals surface area contributed by atoms with Crippen LogP contribution < -0.4 is 0 Å². The van der Waals surface area contributed by atoms with E-state index in [1.54, 1.807) is 6.92 Å².